The van der Waals surface area contributed by atoms with E-state index in [0.717, 1.165) is 6.07 Å². The van der Waals surface area contributed by atoms with Gasteiger partial charge in [0.15, 0.2) is 0 Å². The summed E-state index contributed by atoms with van der Waals surface area (Å²) in [5.41, 5.74) is -1.46. The van der Waals surface area contributed by atoms with Gasteiger partial charge in [0.05, 0.1) is 5.56 Å². The predicted molar refractivity (Wildman–Crippen MR) is 56.4 cm³/mol. The summed E-state index contributed by atoms with van der Waals surface area (Å²) in [5.74, 6) is 0.355. The second-order valence-corrected chi connectivity index (χ2v) is 3.43. The van der Waals surface area contributed by atoms with Gasteiger partial charge in [0, 0.05) is 17.6 Å². The lowest BCUT2D eigenvalue weighted by molar-refractivity contribution is -0.137. The van der Waals surface area contributed by atoms with Crippen LogP contribution in [0.15, 0.2) is 23.1 Å². The Bertz CT molecular complexity index is 436. The molecular formula is C10H9ClF3NO. The minimum absolute atomic E-state index is 0.0278. The SMILES string of the molecule is O=c1[nH]cc(C(F)(F)F)cc1C=CCCCl. The first-order valence-corrected chi connectivity index (χ1v) is 5.01. The number of allylic oxidation sites excluding steroid dienone is 1. The van der Waals surface area contributed by atoms with Gasteiger partial charge in [0.2, 0.25) is 0 Å². The number of pyridine rings is 1. The fraction of sp³-hybridized carbons (Fsp3) is 0.300. The van der Waals surface area contributed by atoms with Crippen LogP contribution in [0.5, 0.6) is 0 Å². The first kappa shape index (κ1) is 12.8. The number of aromatic nitrogens is 1. The van der Waals surface area contributed by atoms with Gasteiger partial charge >= 0.3 is 6.18 Å². The van der Waals surface area contributed by atoms with Gasteiger partial charge < -0.3 is 4.98 Å². The summed E-state index contributed by atoms with van der Waals surface area (Å²) in [6, 6.07) is 0.809. The molecule has 0 saturated heterocycles. The molecule has 0 aliphatic carbocycles. The van der Waals surface area contributed by atoms with Crippen LogP contribution in [-0.2, 0) is 6.18 Å². The van der Waals surface area contributed by atoms with Crippen LogP contribution in [0.2, 0.25) is 0 Å². The highest BCUT2D eigenvalue weighted by Gasteiger charge is 2.31. The largest absolute Gasteiger partial charge is 0.417 e. The Balaban J connectivity index is 3.05. The highest BCUT2D eigenvalue weighted by molar-refractivity contribution is 6.17. The molecule has 0 aromatic carbocycles. The van der Waals surface area contributed by atoms with E-state index in [0.29, 0.717) is 18.5 Å². The van der Waals surface area contributed by atoms with Crippen molar-refractivity contribution in [3.05, 3.63) is 39.8 Å². The van der Waals surface area contributed by atoms with Crippen LogP contribution in [0.4, 0.5) is 13.2 Å². The van der Waals surface area contributed by atoms with E-state index >= 15 is 0 Å². The lowest BCUT2D eigenvalue weighted by Crippen LogP contribution is -2.14. The summed E-state index contributed by atoms with van der Waals surface area (Å²) in [7, 11) is 0. The van der Waals surface area contributed by atoms with Gasteiger partial charge in [-0.1, -0.05) is 12.2 Å². The molecule has 1 heterocycles. The zero-order valence-corrected chi connectivity index (χ0v) is 8.90. The van der Waals surface area contributed by atoms with E-state index < -0.39 is 17.3 Å². The lowest BCUT2D eigenvalue weighted by Gasteiger charge is -2.06. The summed E-state index contributed by atoms with van der Waals surface area (Å²) < 4.78 is 37.0. The molecule has 2 nitrogen and oxygen atoms in total. The second kappa shape index (κ2) is 5.21. The third-order valence-corrected chi connectivity index (χ3v) is 2.05. The van der Waals surface area contributed by atoms with E-state index in [1.165, 1.54) is 6.08 Å². The number of hydrogen-bond acceptors (Lipinski definition) is 1. The predicted octanol–water partition coefficient (Wildman–Crippen LogP) is 3.04. The van der Waals surface area contributed by atoms with E-state index in [9.17, 15) is 18.0 Å². The maximum absolute atomic E-state index is 12.3. The Morgan fingerprint density at radius 3 is 2.69 bits per heavy atom. The van der Waals surface area contributed by atoms with Crippen molar-refractivity contribution < 1.29 is 13.2 Å². The molecule has 0 bridgehead atoms. The van der Waals surface area contributed by atoms with Crippen molar-refractivity contribution in [1.82, 2.24) is 4.98 Å². The van der Waals surface area contributed by atoms with Crippen molar-refractivity contribution in [2.45, 2.75) is 12.6 Å². The van der Waals surface area contributed by atoms with Crippen LogP contribution < -0.4 is 5.56 Å². The second-order valence-electron chi connectivity index (χ2n) is 3.05. The molecular weight excluding hydrogens is 243 g/mol. The van der Waals surface area contributed by atoms with Crippen LogP contribution in [0.3, 0.4) is 0 Å². The average Bonchev–Trinajstić information content (AvgIpc) is 2.19. The first-order valence-electron chi connectivity index (χ1n) is 4.47. The van der Waals surface area contributed by atoms with Gasteiger partial charge in [-0.3, -0.25) is 4.79 Å². The fourth-order valence-corrected chi connectivity index (χ4v) is 1.19. The van der Waals surface area contributed by atoms with E-state index in [1.807, 2.05) is 4.98 Å². The maximum atomic E-state index is 12.3. The average molecular weight is 252 g/mol. The smallest absolute Gasteiger partial charge is 0.328 e. The molecule has 6 heteroatoms. The summed E-state index contributed by atoms with van der Waals surface area (Å²) in [5, 5.41) is 0. The highest BCUT2D eigenvalue weighted by Crippen LogP contribution is 2.28. The minimum atomic E-state index is -4.46. The molecule has 1 aromatic heterocycles. The van der Waals surface area contributed by atoms with Crippen molar-refractivity contribution in [2.24, 2.45) is 0 Å². The Kier molecular flexibility index (Phi) is 4.18. The lowest BCUT2D eigenvalue weighted by atomic mass is 10.2. The summed E-state index contributed by atoms with van der Waals surface area (Å²) in [6.45, 7) is 0. The Morgan fingerprint density at radius 1 is 1.44 bits per heavy atom. The van der Waals surface area contributed by atoms with Gasteiger partial charge in [-0.15, -0.1) is 11.6 Å². The van der Waals surface area contributed by atoms with Gasteiger partial charge in [-0.05, 0) is 12.5 Å². The molecule has 0 fully saturated rings. The molecule has 0 aliphatic heterocycles. The van der Waals surface area contributed by atoms with Crippen LogP contribution >= 0.6 is 11.6 Å². The van der Waals surface area contributed by atoms with Gasteiger partial charge in [-0.2, -0.15) is 13.2 Å². The van der Waals surface area contributed by atoms with Crippen molar-refractivity contribution in [3.63, 3.8) is 0 Å². The number of nitrogens with one attached hydrogen (secondary N) is 1. The van der Waals surface area contributed by atoms with Gasteiger partial charge in [0.25, 0.3) is 5.56 Å². The molecule has 16 heavy (non-hydrogen) atoms. The van der Waals surface area contributed by atoms with Gasteiger partial charge in [-0.25, -0.2) is 0 Å². The Hall–Kier alpha value is -1.23. The summed E-state index contributed by atoms with van der Waals surface area (Å²) >= 11 is 5.39. The van der Waals surface area contributed by atoms with Crippen LogP contribution in [0.1, 0.15) is 17.5 Å². The number of alkyl halides is 4. The van der Waals surface area contributed by atoms with E-state index in [-0.39, 0.29) is 5.56 Å². The fourth-order valence-electron chi connectivity index (χ4n) is 1.06. The third-order valence-electron chi connectivity index (χ3n) is 1.83. The quantitative estimate of drug-likeness (QED) is 0.823. The highest BCUT2D eigenvalue weighted by atomic mass is 35.5. The first-order chi connectivity index (χ1) is 7.45. The zero-order chi connectivity index (χ0) is 12.2. The van der Waals surface area contributed by atoms with Crippen LogP contribution in [-0.4, -0.2) is 10.9 Å². The molecule has 0 saturated carbocycles. The molecule has 1 aromatic rings. The molecule has 0 aliphatic rings. The van der Waals surface area contributed by atoms with Crippen molar-refractivity contribution in [3.8, 4) is 0 Å². The normalized spacial score (nSPS) is 12.2. The summed E-state index contributed by atoms with van der Waals surface area (Å²) in [6.07, 6.45) is -0.425. The minimum Gasteiger partial charge on any atom is -0.328 e. The monoisotopic (exact) mass is 251 g/mol. The van der Waals surface area contributed by atoms with Crippen molar-refractivity contribution in [1.29, 1.82) is 0 Å². The number of H-pyrrole nitrogens is 1. The number of rotatable bonds is 3. The van der Waals surface area contributed by atoms with E-state index in [4.69, 9.17) is 11.6 Å². The van der Waals surface area contributed by atoms with Crippen LogP contribution in [0.25, 0.3) is 6.08 Å². The zero-order valence-electron chi connectivity index (χ0n) is 8.14. The van der Waals surface area contributed by atoms with E-state index in [1.54, 1.807) is 6.08 Å². The standard InChI is InChI=1S/C10H9ClF3NO/c11-4-2-1-3-7-5-8(10(12,13)14)6-15-9(7)16/h1,3,5-6H,2,4H2,(H,15,16). The molecule has 0 atom stereocenters. The summed E-state index contributed by atoms with van der Waals surface area (Å²) in [4.78, 5) is 13.2. The molecule has 0 radical (unpaired) electrons. The molecule has 0 unspecified atom stereocenters. The Morgan fingerprint density at radius 2 is 2.12 bits per heavy atom. The molecule has 88 valence electrons. The molecule has 1 N–H and O–H groups in total. The van der Waals surface area contributed by atoms with E-state index in [2.05, 4.69) is 0 Å². The van der Waals surface area contributed by atoms with Crippen LogP contribution in [0, 0.1) is 0 Å². The number of aromatic amines is 1. The molecule has 0 spiro atoms. The third kappa shape index (κ3) is 3.41. The number of halogens is 4. The van der Waals surface area contributed by atoms with Crippen molar-refractivity contribution in [2.75, 3.05) is 5.88 Å². The molecule has 0 amide bonds. The molecule has 1 rings (SSSR count). The van der Waals surface area contributed by atoms with Crippen molar-refractivity contribution >= 4 is 17.7 Å². The maximum Gasteiger partial charge on any atom is 0.417 e. The topological polar surface area (TPSA) is 32.9 Å². The Labute approximate surface area is 94.7 Å². The number of hydrogen-bond donors (Lipinski definition) is 1. The van der Waals surface area contributed by atoms with Gasteiger partial charge in [0.1, 0.15) is 0 Å².